The van der Waals surface area contributed by atoms with Crippen molar-refractivity contribution in [3.63, 3.8) is 0 Å². The highest BCUT2D eigenvalue weighted by Crippen LogP contribution is 2.46. The fraction of sp³-hybridized carbons (Fsp3) is 0.226. The molecule has 0 bridgehead atoms. The quantitative estimate of drug-likeness (QED) is 0.110. The number of nitrogens with zero attached hydrogens (tertiary/aromatic N) is 6. The highest BCUT2D eigenvalue weighted by molar-refractivity contribution is 8.02. The van der Waals surface area contributed by atoms with E-state index in [1.54, 1.807) is 0 Å². The molecular weight excluding hydrogens is 893 g/mol. The van der Waals surface area contributed by atoms with Crippen LogP contribution in [-0.2, 0) is 32.4 Å². The average Bonchev–Trinajstić information content (AvgIpc) is 3.09. The summed E-state index contributed by atoms with van der Waals surface area (Å²) in [6.07, 6.45) is -12.5. The van der Waals surface area contributed by atoms with Gasteiger partial charge < -0.3 is 15.4 Å². The summed E-state index contributed by atoms with van der Waals surface area (Å²) in [5, 5.41) is 32.0. The molecule has 13 nitrogen and oxygen atoms in total. The standard InChI is InChI=1S/C15H9ClF5N3O4S.C15H9ClF5N3O3S.CH4/c16-9-2-1-7(15(19,20)21)5-8(9)13-12(25)11-14(22-3-4-23(11)26)24(6-10(17)18)29(13,27)28;16-9-2-1-7(15(19,20)21)5-8(9)13-12(25)11-14(23-4-3-22-11)24(6-10(17)18)28(13,26)27;/h1-5,10,25H,6H2;1-5,10,25H,6H2;1H4. The Balaban J connectivity index is 0.000000252. The van der Waals surface area contributed by atoms with Gasteiger partial charge in [-0.25, -0.2) is 58.0 Å². The fourth-order valence-electron chi connectivity index (χ4n) is 5.28. The first-order valence-electron chi connectivity index (χ1n) is 14.9. The Bertz CT molecular complexity index is 2540. The average molecular weight is 916 g/mol. The van der Waals surface area contributed by atoms with Crippen molar-refractivity contribution in [2.75, 3.05) is 21.7 Å². The molecule has 0 atom stereocenters. The number of aliphatic hydroxyl groups is 2. The molecule has 2 aromatic carbocycles. The van der Waals surface area contributed by atoms with Crippen LogP contribution in [0.5, 0.6) is 0 Å². The lowest BCUT2D eigenvalue weighted by atomic mass is 10.1. The molecule has 0 fully saturated rings. The van der Waals surface area contributed by atoms with Crippen molar-refractivity contribution in [1.82, 2.24) is 15.0 Å². The first kappa shape index (κ1) is 45.6. The highest BCUT2D eigenvalue weighted by atomic mass is 35.5. The Kier molecular flexibility index (Phi) is 12.8. The number of hydrogen-bond donors (Lipinski definition) is 2. The molecule has 6 rings (SSSR count). The summed E-state index contributed by atoms with van der Waals surface area (Å²) in [6, 6.07) is 3.45. The van der Waals surface area contributed by atoms with E-state index in [4.69, 9.17) is 23.2 Å². The smallest absolute Gasteiger partial charge is 0.416 e. The Labute approximate surface area is 330 Å². The Morgan fingerprint density at radius 3 is 1.55 bits per heavy atom. The van der Waals surface area contributed by atoms with Crippen molar-refractivity contribution >= 4 is 76.2 Å². The van der Waals surface area contributed by atoms with E-state index < -0.39 is 135 Å². The van der Waals surface area contributed by atoms with Crippen LogP contribution in [0.3, 0.4) is 0 Å². The predicted octanol–water partition coefficient (Wildman–Crippen LogP) is 7.77. The van der Waals surface area contributed by atoms with Crippen LogP contribution < -0.4 is 13.3 Å². The zero-order chi connectivity index (χ0) is 42.6. The molecule has 0 amide bonds. The van der Waals surface area contributed by atoms with E-state index in [1.165, 1.54) is 0 Å². The molecule has 2 aliphatic rings. The molecule has 0 saturated heterocycles. The minimum Gasteiger partial charge on any atom is -0.618 e. The molecular formula is C31H22Cl2F10N6O7S2. The van der Waals surface area contributed by atoms with Crippen molar-refractivity contribution in [1.29, 1.82) is 0 Å². The molecule has 58 heavy (non-hydrogen) atoms. The lowest BCUT2D eigenvalue weighted by Gasteiger charge is -2.30. The minimum absolute atomic E-state index is 0. The van der Waals surface area contributed by atoms with Gasteiger partial charge in [-0.1, -0.05) is 30.6 Å². The zero-order valence-electron chi connectivity index (χ0n) is 27.3. The van der Waals surface area contributed by atoms with Crippen LogP contribution in [-0.4, -0.2) is 67.9 Å². The van der Waals surface area contributed by atoms with Crippen molar-refractivity contribution in [3.05, 3.63) is 110 Å². The Morgan fingerprint density at radius 1 is 0.690 bits per heavy atom. The molecule has 0 radical (unpaired) electrons. The topological polar surface area (TPSA) is 181 Å². The molecule has 0 saturated carbocycles. The van der Waals surface area contributed by atoms with Crippen molar-refractivity contribution in [2.45, 2.75) is 32.6 Å². The van der Waals surface area contributed by atoms with Gasteiger partial charge in [0.1, 0.15) is 15.5 Å². The number of alkyl halides is 10. The second-order valence-corrected chi connectivity index (χ2v) is 15.7. The normalized spacial score (nSPS) is 16.1. The molecule has 2 N–H and O–H groups in total. The lowest BCUT2D eigenvalue weighted by molar-refractivity contribution is -0.608. The van der Waals surface area contributed by atoms with Crippen LogP contribution >= 0.6 is 23.2 Å². The Morgan fingerprint density at radius 2 is 1.10 bits per heavy atom. The molecule has 0 spiro atoms. The van der Waals surface area contributed by atoms with E-state index in [-0.39, 0.29) is 20.8 Å². The number of fused-ring (bicyclic) bond motifs is 2. The molecule has 4 aromatic rings. The van der Waals surface area contributed by atoms with E-state index in [0.717, 1.165) is 36.9 Å². The van der Waals surface area contributed by atoms with Crippen LogP contribution in [0, 0.1) is 5.21 Å². The van der Waals surface area contributed by atoms with Gasteiger partial charge in [0.25, 0.3) is 32.9 Å². The van der Waals surface area contributed by atoms with Gasteiger partial charge in [0.15, 0.2) is 17.8 Å². The fourth-order valence-corrected chi connectivity index (χ4v) is 9.18. The number of rotatable bonds is 6. The first-order chi connectivity index (χ1) is 26.3. The number of anilines is 2. The molecule has 0 aliphatic carbocycles. The largest absolute Gasteiger partial charge is 0.618 e. The number of aliphatic hydroxyl groups excluding tert-OH is 2. The van der Waals surface area contributed by atoms with Gasteiger partial charge in [-0.3, -0.25) is 0 Å². The van der Waals surface area contributed by atoms with Gasteiger partial charge in [0.2, 0.25) is 11.6 Å². The van der Waals surface area contributed by atoms with Crippen LogP contribution in [0.1, 0.15) is 41.1 Å². The van der Waals surface area contributed by atoms with E-state index in [9.17, 15) is 76.2 Å². The van der Waals surface area contributed by atoms with Crippen LogP contribution in [0.25, 0.3) is 21.3 Å². The van der Waals surface area contributed by atoms with Crippen LogP contribution in [0.15, 0.2) is 61.2 Å². The summed E-state index contributed by atoms with van der Waals surface area (Å²) in [6.45, 7) is -2.80. The maximum Gasteiger partial charge on any atom is 0.416 e. The van der Waals surface area contributed by atoms with E-state index in [2.05, 4.69) is 15.0 Å². The molecule has 0 unspecified atom stereocenters. The third-order valence-electron chi connectivity index (χ3n) is 7.64. The predicted molar refractivity (Wildman–Crippen MR) is 188 cm³/mol. The lowest BCUT2D eigenvalue weighted by Crippen LogP contribution is -2.44. The molecule has 314 valence electrons. The summed E-state index contributed by atoms with van der Waals surface area (Å²) < 4.78 is 182. The van der Waals surface area contributed by atoms with Gasteiger partial charge in [-0.05, 0) is 36.4 Å². The van der Waals surface area contributed by atoms with Crippen LogP contribution in [0.2, 0.25) is 10.0 Å². The van der Waals surface area contributed by atoms with E-state index in [1.807, 2.05) is 0 Å². The third kappa shape index (κ3) is 8.51. The summed E-state index contributed by atoms with van der Waals surface area (Å²) >= 11 is 11.7. The number of benzene rings is 2. The Hall–Kier alpha value is -5.14. The second kappa shape index (κ2) is 16.2. The molecule has 2 aliphatic heterocycles. The minimum atomic E-state index is -5.06. The number of aromatic nitrogens is 4. The van der Waals surface area contributed by atoms with E-state index >= 15 is 0 Å². The maximum atomic E-state index is 13.1. The summed E-state index contributed by atoms with van der Waals surface area (Å²) in [5.41, 5.74) is -5.38. The summed E-state index contributed by atoms with van der Waals surface area (Å²) in [5.74, 6) is -3.69. The first-order valence-corrected chi connectivity index (χ1v) is 18.6. The van der Waals surface area contributed by atoms with E-state index in [0.29, 0.717) is 24.3 Å². The van der Waals surface area contributed by atoms with Crippen LogP contribution in [0.4, 0.5) is 55.5 Å². The van der Waals surface area contributed by atoms with Crippen molar-refractivity contribution in [2.24, 2.45) is 0 Å². The van der Waals surface area contributed by atoms with Crippen molar-refractivity contribution < 1.29 is 75.7 Å². The SMILES string of the molecule is C.O=S1(=O)C(c2cc(C(F)(F)F)ccc2Cl)=C(O)c2c(ncc[n+]2[O-])N1CC(F)F.O=S1(=O)C(c2cc(C(F)(F)F)ccc2Cl)=C(O)c2nccnc2N1CC(F)F. The van der Waals surface area contributed by atoms with Gasteiger partial charge >= 0.3 is 18.0 Å². The molecule has 2 aromatic heterocycles. The number of hydrogen-bond acceptors (Lipinski definition) is 10. The van der Waals surface area contributed by atoms with Gasteiger partial charge in [0.05, 0.1) is 30.4 Å². The monoisotopic (exact) mass is 914 g/mol. The molecule has 4 heterocycles. The van der Waals surface area contributed by atoms with Gasteiger partial charge in [-0.2, -0.15) is 31.1 Å². The zero-order valence-corrected chi connectivity index (χ0v) is 30.5. The second-order valence-electron chi connectivity index (χ2n) is 11.2. The number of halogens is 12. The maximum absolute atomic E-state index is 13.1. The number of sulfonamides is 2. The molecule has 27 heteroatoms. The highest BCUT2D eigenvalue weighted by Gasteiger charge is 2.47. The van der Waals surface area contributed by atoms with Gasteiger partial charge in [0, 0.05) is 33.6 Å². The summed E-state index contributed by atoms with van der Waals surface area (Å²) in [4.78, 5) is 8.62. The van der Waals surface area contributed by atoms with Gasteiger partial charge in [-0.15, -0.1) is 0 Å². The third-order valence-corrected chi connectivity index (χ3v) is 12.0. The van der Waals surface area contributed by atoms with Crippen molar-refractivity contribution in [3.8, 4) is 0 Å². The summed E-state index contributed by atoms with van der Waals surface area (Å²) in [7, 11) is -9.99.